The Bertz CT molecular complexity index is 2950. The number of carboxylic acids is 1. The molecule has 0 spiro atoms. The Kier molecular flexibility index (Phi) is 32.5. The van der Waals surface area contributed by atoms with Crippen molar-refractivity contribution in [1.29, 1.82) is 0 Å². The number of carbonyl (C=O) groups is 10. The van der Waals surface area contributed by atoms with Crippen LogP contribution in [0, 0.1) is 29.6 Å². The molecule has 97 heavy (non-hydrogen) atoms. The van der Waals surface area contributed by atoms with Crippen LogP contribution in [0.15, 0.2) is 54.6 Å². The highest BCUT2D eigenvalue weighted by Crippen LogP contribution is 2.31. The summed E-state index contributed by atoms with van der Waals surface area (Å²) in [6, 6.07) is 7.83. The number of carboxylic acid groups (broad SMARTS) is 1. The minimum atomic E-state index is -1.89. The van der Waals surface area contributed by atoms with Gasteiger partial charge >= 0.3 is 12.1 Å². The van der Waals surface area contributed by atoms with E-state index in [1.165, 1.54) is 50.4 Å². The van der Waals surface area contributed by atoms with E-state index in [9.17, 15) is 73.5 Å². The molecule has 2 fully saturated rings. The third kappa shape index (κ3) is 23.4. The molecule has 0 saturated carbocycles. The number of aliphatic carboxylic acids is 1. The minimum Gasteiger partial charge on any atom is -0.481 e. The number of likely N-dealkylation sites (tertiary alicyclic amines) is 1. The van der Waals surface area contributed by atoms with Crippen molar-refractivity contribution in [3.8, 4) is 0 Å². The highest BCUT2D eigenvalue weighted by molar-refractivity contribution is 5.99. The van der Waals surface area contributed by atoms with Gasteiger partial charge in [0.05, 0.1) is 75.0 Å². The molecule has 2 saturated heterocycles. The quantitative estimate of drug-likeness (QED) is 0.0448. The number of hydrogen-bond donors (Lipinski definition) is 12. The van der Waals surface area contributed by atoms with Gasteiger partial charge in [0.2, 0.25) is 47.3 Å². The molecule has 0 bridgehead atoms. The van der Waals surface area contributed by atoms with Gasteiger partial charge in [0, 0.05) is 48.3 Å². The summed E-state index contributed by atoms with van der Waals surface area (Å²) in [6.45, 7) is 15.2. The van der Waals surface area contributed by atoms with E-state index in [1.54, 1.807) is 91.6 Å². The second kappa shape index (κ2) is 39.2. The summed E-state index contributed by atoms with van der Waals surface area (Å²) in [5.74, 6) is -9.49. The Labute approximate surface area is 568 Å². The first kappa shape index (κ1) is 80.3. The maximum absolute atomic E-state index is 14.8. The molecule has 30 nitrogen and oxygen atoms in total. The number of nitrogens with one attached hydrogen (secondary N) is 6. The smallest absolute Gasteiger partial charge is 0.410 e. The van der Waals surface area contributed by atoms with Crippen LogP contribution in [-0.4, -0.2) is 244 Å². The molecular weight excluding hydrogens is 1270 g/mol. The Balaban J connectivity index is 1.44. The lowest BCUT2D eigenvalue weighted by atomic mass is 9.89. The number of hydrogen-bond acceptors (Lipinski definition) is 20. The van der Waals surface area contributed by atoms with Crippen LogP contribution < -0.4 is 31.9 Å². The molecule has 18 atom stereocenters. The molecule has 2 heterocycles. The number of benzene rings is 2. The number of anilines is 1. The zero-order chi connectivity index (χ0) is 73.6. The molecule has 9 amide bonds. The first-order chi connectivity index (χ1) is 46.1. The molecule has 4 rings (SSSR count). The molecule has 30 heteroatoms. The maximum Gasteiger partial charge on any atom is 0.410 e. The third-order valence-corrected chi connectivity index (χ3v) is 17.7. The summed E-state index contributed by atoms with van der Waals surface area (Å²) in [6.07, 6.45) is -12.8. The van der Waals surface area contributed by atoms with E-state index in [2.05, 4.69) is 31.9 Å². The number of likely N-dealkylation sites (N-methyl/N-ethyl adjacent to an activating group) is 2. The highest BCUT2D eigenvalue weighted by atomic mass is 16.7. The second-order valence-electron chi connectivity index (χ2n) is 25.9. The standard InChI is InChI=1S/C67H105N9O21/c1-15-38(8)55(46(93-13)30-50(80)76-29-19-22-45(76)60(94-14)39(9)61(87)69-40(10)56(83)42-20-17-16-18-21-42)74(11)65(91)53(36(4)5)73-64(90)54(37(6)7)75(12)67(92)96-33-41-23-25-43(26-24-41)70-62(88)44(34-95-66-59(86)58(85)57(84)47(32-77)97-66)71-63(89)52(35(2)3)72-49(79)31-68-48(78)27-28-51(81)82/h16-18,20-21,23-26,35-40,44-47,52-60,66,77,83-86H,15,19,22,27-34H2,1-14H3,(H,68,78)(H,69,87)(H,70,88)(H,71,89)(H,72,79)(H,73,90)(H,81,82)/t38-,39+,40+,44-,45-,46+,47+,52-,53-,54-,55-,56+,57+,58-,59+,60+,66+/m0/s1/i27T/t27?,38-,39+,40+,44-,45-,46+,47+,52-,53-,54-,55-,56+,57+,58-,59+,60+,66+. The number of carbonyl (C=O) groups excluding carboxylic acids is 9. The fraction of sp³-hybridized carbons (Fsp3) is 0.672. The summed E-state index contributed by atoms with van der Waals surface area (Å²) in [4.78, 5) is 139. The highest BCUT2D eigenvalue weighted by Gasteiger charge is 2.46. The van der Waals surface area contributed by atoms with Crippen LogP contribution in [0.25, 0.3) is 0 Å². The van der Waals surface area contributed by atoms with E-state index in [0.717, 1.165) is 4.90 Å². The van der Waals surface area contributed by atoms with E-state index in [-0.39, 0.29) is 36.4 Å². The summed E-state index contributed by atoms with van der Waals surface area (Å²) < 4.78 is 36.4. The predicted molar refractivity (Wildman–Crippen MR) is 352 cm³/mol. The van der Waals surface area contributed by atoms with Crippen molar-refractivity contribution in [2.24, 2.45) is 29.6 Å². The summed E-state index contributed by atoms with van der Waals surface area (Å²) in [7, 11) is 5.96. The van der Waals surface area contributed by atoms with Crippen LogP contribution in [-0.2, 0) is 73.4 Å². The monoisotopic (exact) mass is 1370 g/mol. The lowest BCUT2D eigenvalue weighted by Crippen LogP contribution is -2.60. The van der Waals surface area contributed by atoms with Gasteiger partial charge in [-0.15, -0.1) is 0 Å². The molecule has 0 aliphatic carbocycles. The topological polar surface area (TPSA) is 420 Å². The number of amides is 9. The fourth-order valence-corrected chi connectivity index (χ4v) is 11.9. The Morgan fingerprint density at radius 3 is 1.95 bits per heavy atom. The Morgan fingerprint density at radius 1 is 0.742 bits per heavy atom. The van der Waals surface area contributed by atoms with Crippen LogP contribution in [0.2, 0.25) is 0 Å². The average Bonchev–Trinajstić information content (AvgIpc) is 1.44. The number of aliphatic hydroxyl groups is 5. The molecule has 2 aromatic carbocycles. The van der Waals surface area contributed by atoms with Crippen molar-refractivity contribution in [3.63, 3.8) is 0 Å². The van der Waals surface area contributed by atoms with Crippen molar-refractivity contribution in [1.82, 2.24) is 41.3 Å². The maximum atomic E-state index is 14.8. The third-order valence-electron chi connectivity index (χ3n) is 17.7. The van der Waals surface area contributed by atoms with Crippen LogP contribution >= 0.6 is 0 Å². The molecule has 2 aliphatic rings. The van der Waals surface area contributed by atoms with Gasteiger partial charge in [0.25, 0.3) is 0 Å². The van der Waals surface area contributed by atoms with E-state index in [4.69, 9.17) is 30.2 Å². The van der Waals surface area contributed by atoms with Gasteiger partial charge in [0.1, 0.15) is 55.2 Å². The minimum absolute atomic E-state index is 0.121. The van der Waals surface area contributed by atoms with E-state index >= 15 is 0 Å². The number of methoxy groups -OCH3 is 2. The average molecular weight is 1370 g/mol. The van der Waals surface area contributed by atoms with Crippen LogP contribution in [0.3, 0.4) is 0 Å². The van der Waals surface area contributed by atoms with E-state index in [1.807, 2.05) is 19.9 Å². The summed E-state index contributed by atoms with van der Waals surface area (Å²) in [5, 5.41) is 76.3. The Morgan fingerprint density at radius 2 is 1.38 bits per heavy atom. The largest absolute Gasteiger partial charge is 0.481 e. The Hall–Kier alpha value is -7.42. The zero-order valence-electron chi connectivity index (χ0n) is 59.0. The van der Waals surface area contributed by atoms with Crippen molar-refractivity contribution in [2.75, 3.05) is 59.9 Å². The second-order valence-corrected chi connectivity index (χ2v) is 25.9. The van der Waals surface area contributed by atoms with Gasteiger partial charge in [-0.3, -0.25) is 48.1 Å². The van der Waals surface area contributed by atoms with Crippen molar-refractivity contribution in [2.45, 2.75) is 206 Å². The lowest BCUT2D eigenvalue weighted by Gasteiger charge is -2.41. The van der Waals surface area contributed by atoms with E-state index in [0.29, 0.717) is 36.9 Å². The van der Waals surface area contributed by atoms with Crippen LogP contribution in [0.5, 0.6) is 0 Å². The molecule has 2 aliphatic heterocycles. The van der Waals surface area contributed by atoms with Gasteiger partial charge in [-0.1, -0.05) is 111 Å². The van der Waals surface area contributed by atoms with Crippen molar-refractivity contribution >= 4 is 65.0 Å². The van der Waals surface area contributed by atoms with Crippen molar-refractivity contribution in [3.05, 3.63) is 65.7 Å². The van der Waals surface area contributed by atoms with Gasteiger partial charge in [0.15, 0.2) is 6.29 Å². The van der Waals surface area contributed by atoms with Crippen LogP contribution in [0.1, 0.15) is 126 Å². The number of nitrogens with zero attached hydrogens (tertiary/aromatic N) is 3. The van der Waals surface area contributed by atoms with Gasteiger partial charge < -0.3 is 96.0 Å². The number of rotatable bonds is 37. The van der Waals surface area contributed by atoms with Gasteiger partial charge in [-0.25, -0.2) is 4.79 Å². The predicted octanol–water partition coefficient (Wildman–Crippen LogP) is 0.941. The number of aliphatic hydroxyl groups excluding tert-OH is 5. The SMILES string of the molecule is [3H]C(CC(=O)O)C(=O)NCC(=O)N[C@H](C(=O)N[C@@H](CO[C@@H]1O[C@H](CO)[C@@H](O)[C@H](O)[C@H]1O)C(=O)Nc1ccc(COC(=O)N(C)[C@H](C(=O)N[C@H](C(=O)N(C)[C@@H]([C@@H](C)CC)[C@@H](CC(=O)N2CCC[C@H]2[C@H](OC)[C@@H](C)C(=O)N[C@H](C)[C@@H](O)c2ccccc2)OC)C(C)C)C(C)C)cc1)C(C)C. The molecule has 12 N–H and O–H groups in total. The lowest BCUT2D eigenvalue weighted by molar-refractivity contribution is -0.301. The molecular formula is C67H105N9O21. The summed E-state index contributed by atoms with van der Waals surface area (Å²) in [5.41, 5.74) is 1.21. The molecule has 1 unspecified atom stereocenters. The van der Waals surface area contributed by atoms with Crippen molar-refractivity contribution < 1.29 is 104 Å². The molecule has 0 aromatic heterocycles. The molecule has 0 radical (unpaired) electrons. The zero-order valence-corrected chi connectivity index (χ0v) is 58.0. The van der Waals surface area contributed by atoms with E-state index < -0.39 is 195 Å². The van der Waals surface area contributed by atoms with Crippen LogP contribution in [0.4, 0.5) is 10.5 Å². The fourth-order valence-electron chi connectivity index (χ4n) is 11.9. The van der Waals surface area contributed by atoms with Gasteiger partial charge in [-0.05, 0) is 66.7 Å². The molecule has 2 aromatic rings. The molecule has 544 valence electrons. The van der Waals surface area contributed by atoms with Gasteiger partial charge in [-0.2, -0.15) is 0 Å². The number of ether oxygens (including phenoxy) is 5. The normalized spacial score (nSPS) is 21.8. The summed E-state index contributed by atoms with van der Waals surface area (Å²) >= 11 is 0. The first-order valence-electron chi connectivity index (χ1n) is 33.4. The first-order valence-corrected chi connectivity index (χ1v) is 32.8.